The lowest BCUT2D eigenvalue weighted by atomic mass is 10.1. The van der Waals surface area contributed by atoms with Crippen molar-refractivity contribution in [1.29, 1.82) is 0 Å². The first-order valence-corrected chi connectivity index (χ1v) is 9.17. The van der Waals surface area contributed by atoms with Crippen molar-refractivity contribution in [1.82, 2.24) is 10.6 Å². The maximum absolute atomic E-state index is 5.71. The Morgan fingerprint density at radius 1 is 1.07 bits per heavy atom. The second-order valence-corrected chi connectivity index (χ2v) is 6.01. The van der Waals surface area contributed by atoms with E-state index in [9.17, 15) is 0 Å². The molecule has 0 aliphatic rings. The molecule has 0 aliphatic heterocycles. The van der Waals surface area contributed by atoms with Gasteiger partial charge in [-0.2, -0.15) is 0 Å². The van der Waals surface area contributed by atoms with Gasteiger partial charge in [-0.3, -0.25) is 0 Å². The predicted octanol–water partition coefficient (Wildman–Crippen LogP) is 4.27. The van der Waals surface area contributed by atoms with Crippen LogP contribution in [0.1, 0.15) is 23.6 Å². The summed E-state index contributed by atoms with van der Waals surface area (Å²) < 4.78 is 10.9. The topological polar surface area (TPSA) is 54.9 Å². The zero-order chi connectivity index (χ0) is 19.3. The molecule has 2 aromatic rings. The summed E-state index contributed by atoms with van der Waals surface area (Å²) in [4.78, 5) is 4.67. The van der Waals surface area contributed by atoms with Crippen LogP contribution in [-0.4, -0.2) is 26.2 Å². The highest BCUT2D eigenvalue weighted by molar-refractivity contribution is 14.0. The van der Waals surface area contributed by atoms with Crippen molar-refractivity contribution < 1.29 is 9.47 Å². The molecule has 0 saturated carbocycles. The van der Waals surface area contributed by atoms with Gasteiger partial charge in [0.15, 0.2) is 5.96 Å². The highest BCUT2D eigenvalue weighted by Crippen LogP contribution is 2.17. The second-order valence-electron chi connectivity index (χ2n) is 6.01. The van der Waals surface area contributed by atoms with Crippen LogP contribution in [0.2, 0.25) is 0 Å². The average molecular weight is 495 g/mol. The second kappa shape index (κ2) is 14.0. The van der Waals surface area contributed by atoms with Crippen LogP contribution in [0, 0.1) is 0 Å². The molecule has 0 atom stereocenters. The van der Waals surface area contributed by atoms with E-state index in [1.807, 2.05) is 24.3 Å². The molecule has 0 aliphatic carbocycles. The fourth-order valence-electron chi connectivity index (χ4n) is 2.54. The molecule has 0 amide bonds. The van der Waals surface area contributed by atoms with Gasteiger partial charge in [-0.25, -0.2) is 4.99 Å². The lowest BCUT2D eigenvalue weighted by Gasteiger charge is -2.14. The van der Waals surface area contributed by atoms with Gasteiger partial charge in [-0.1, -0.05) is 55.1 Å². The zero-order valence-corrected chi connectivity index (χ0v) is 18.9. The third kappa shape index (κ3) is 8.31. The Morgan fingerprint density at radius 3 is 2.46 bits per heavy atom. The number of benzene rings is 2. The Bertz CT molecular complexity index is 733. The van der Waals surface area contributed by atoms with Crippen LogP contribution in [-0.2, 0) is 24.4 Å². The van der Waals surface area contributed by atoms with E-state index >= 15 is 0 Å². The third-order valence-electron chi connectivity index (χ3n) is 3.87. The largest absolute Gasteiger partial charge is 0.489 e. The summed E-state index contributed by atoms with van der Waals surface area (Å²) in [7, 11) is 1.70. The average Bonchev–Trinajstić information content (AvgIpc) is 2.70. The van der Waals surface area contributed by atoms with Gasteiger partial charge in [0.2, 0.25) is 0 Å². The van der Waals surface area contributed by atoms with Gasteiger partial charge in [0.1, 0.15) is 12.4 Å². The number of guanidine groups is 1. The van der Waals surface area contributed by atoms with Crippen LogP contribution in [0.25, 0.3) is 0 Å². The van der Waals surface area contributed by atoms with Crippen LogP contribution in [0.3, 0.4) is 0 Å². The quantitative estimate of drug-likeness (QED) is 0.224. The highest BCUT2D eigenvalue weighted by Gasteiger charge is 2.04. The molecule has 0 heterocycles. The molecule has 0 bridgehead atoms. The van der Waals surface area contributed by atoms with Crippen molar-refractivity contribution in [2.75, 3.05) is 20.3 Å². The van der Waals surface area contributed by atoms with Gasteiger partial charge < -0.3 is 20.1 Å². The van der Waals surface area contributed by atoms with E-state index in [0.29, 0.717) is 26.3 Å². The molecular weight excluding hydrogens is 465 g/mol. The number of hydrogen-bond acceptors (Lipinski definition) is 3. The smallest absolute Gasteiger partial charge is 0.191 e. The summed E-state index contributed by atoms with van der Waals surface area (Å²) >= 11 is 0. The molecule has 2 rings (SSSR count). The van der Waals surface area contributed by atoms with Crippen LogP contribution in [0.5, 0.6) is 5.75 Å². The van der Waals surface area contributed by atoms with E-state index in [2.05, 4.69) is 53.4 Å². The number of rotatable bonds is 10. The summed E-state index contributed by atoms with van der Waals surface area (Å²) in [6.07, 6.45) is 1.74. The van der Waals surface area contributed by atoms with Crippen LogP contribution >= 0.6 is 24.0 Å². The van der Waals surface area contributed by atoms with E-state index in [1.54, 1.807) is 13.2 Å². The van der Waals surface area contributed by atoms with Crippen molar-refractivity contribution in [3.63, 3.8) is 0 Å². The van der Waals surface area contributed by atoms with Gasteiger partial charge >= 0.3 is 0 Å². The van der Waals surface area contributed by atoms with Gasteiger partial charge in [0.05, 0.1) is 13.2 Å². The minimum absolute atomic E-state index is 0. The van der Waals surface area contributed by atoms with Crippen molar-refractivity contribution in [3.05, 3.63) is 77.9 Å². The molecule has 0 radical (unpaired) electrons. The molecule has 0 spiro atoms. The Hall–Kier alpha value is -2.06. The SMILES string of the molecule is C=CCOc1ccccc1CNC(=NCc1ccc(COC)cc1)NCC.I. The predicted molar refractivity (Wildman–Crippen MR) is 126 cm³/mol. The first kappa shape index (κ1) is 24.0. The number of aliphatic imine (C=N–C) groups is 1. The summed E-state index contributed by atoms with van der Waals surface area (Å²) in [5.41, 5.74) is 3.39. The number of methoxy groups -OCH3 is 1. The Labute approximate surface area is 185 Å². The van der Waals surface area contributed by atoms with E-state index in [-0.39, 0.29) is 24.0 Å². The molecule has 5 nitrogen and oxygen atoms in total. The molecule has 6 heteroatoms. The minimum Gasteiger partial charge on any atom is -0.489 e. The monoisotopic (exact) mass is 495 g/mol. The summed E-state index contributed by atoms with van der Waals surface area (Å²) in [5, 5.41) is 6.65. The third-order valence-corrected chi connectivity index (χ3v) is 3.87. The fourth-order valence-corrected chi connectivity index (χ4v) is 2.54. The van der Waals surface area contributed by atoms with E-state index in [4.69, 9.17) is 9.47 Å². The summed E-state index contributed by atoms with van der Waals surface area (Å²) in [6, 6.07) is 16.3. The van der Waals surface area contributed by atoms with Crippen molar-refractivity contribution in [2.45, 2.75) is 26.6 Å². The van der Waals surface area contributed by atoms with Gasteiger partial charge in [0.25, 0.3) is 0 Å². The maximum atomic E-state index is 5.71. The standard InChI is InChI=1S/C22H29N3O2.HI/c1-4-14-27-21-9-7-6-8-20(21)16-25-22(23-5-2)24-15-18-10-12-19(13-11-18)17-26-3;/h4,6-13H,1,5,14-17H2,2-3H3,(H2,23,24,25);1H. The lowest BCUT2D eigenvalue weighted by Crippen LogP contribution is -2.36. The number of halogens is 1. The van der Waals surface area contributed by atoms with Crippen LogP contribution < -0.4 is 15.4 Å². The highest BCUT2D eigenvalue weighted by atomic mass is 127. The number of para-hydroxylation sites is 1. The first-order valence-electron chi connectivity index (χ1n) is 9.17. The van der Waals surface area contributed by atoms with Gasteiger partial charge in [0, 0.05) is 25.8 Å². The normalized spacial score (nSPS) is 10.7. The Kier molecular flexibility index (Phi) is 12.0. The zero-order valence-electron chi connectivity index (χ0n) is 16.6. The molecule has 0 fully saturated rings. The minimum atomic E-state index is 0. The number of nitrogens with one attached hydrogen (secondary N) is 2. The molecule has 28 heavy (non-hydrogen) atoms. The lowest BCUT2D eigenvalue weighted by molar-refractivity contribution is 0.185. The maximum Gasteiger partial charge on any atom is 0.191 e. The van der Waals surface area contributed by atoms with Crippen LogP contribution in [0.4, 0.5) is 0 Å². The number of ether oxygens (including phenoxy) is 2. The van der Waals surface area contributed by atoms with Crippen LogP contribution in [0.15, 0.2) is 66.2 Å². The first-order chi connectivity index (χ1) is 13.3. The van der Waals surface area contributed by atoms with Crippen molar-refractivity contribution in [2.24, 2.45) is 4.99 Å². The number of nitrogens with zero attached hydrogens (tertiary/aromatic N) is 1. The van der Waals surface area contributed by atoms with Gasteiger partial charge in [-0.15, -0.1) is 24.0 Å². The van der Waals surface area contributed by atoms with E-state index in [1.165, 1.54) is 0 Å². The Morgan fingerprint density at radius 2 is 1.79 bits per heavy atom. The summed E-state index contributed by atoms with van der Waals surface area (Å²) in [5.74, 6) is 1.63. The molecule has 0 aromatic heterocycles. The van der Waals surface area contributed by atoms with E-state index < -0.39 is 0 Å². The van der Waals surface area contributed by atoms with Crippen molar-refractivity contribution >= 4 is 29.9 Å². The summed E-state index contributed by atoms with van der Waals surface area (Å²) in [6.45, 7) is 8.90. The molecular formula is C22H30IN3O2. The Balaban J connectivity index is 0.00000392. The van der Waals surface area contributed by atoms with Gasteiger partial charge in [-0.05, 0) is 24.1 Å². The molecule has 0 unspecified atom stereocenters. The molecule has 2 aromatic carbocycles. The number of hydrogen-bond donors (Lipinski definition) is 2. The van der Waals surface area contributed by atoms with Crippen molar-refractivity contribution in [3.8, 4) is 5.75 Å². The fraction of sp³-hybridized carbons (Fsp3) is 0.318. The molecule has 152 valence electrons. The van der Waals surface area contributed by atoms with E-state index in [0.717, 1.165) is 34.9 Å². The molecule has 2 N–H and O–H groups in total. The molecule has 0 saturated heterocycles.